The molecule has 3 nitrogen and oxygen atoms in total. The van der Waals surface area contributed by atoms with Crippen LogP contribution >= 0.6 is 0 Å². The summed E-state index contributed by atoms with van der Waals surface area (Å²) in [6.07, 6.45) is -0.297. The van der Waals surface area contributed by atoms with E-state index >= 15 is 0 Å². The van der Waals surface area contributed by atoms with Crippen LogP contribution in [0.25, 0.3) is 0 Å². The maximum absolute atomic E-state index is 13.6. The maximum Gasteiger partial charge on any atom is 0.169 e. The molecule has 96 valence electrons. The van der Waals surface area contributed by atoms with Crippen molar-refractivity contribution < 1.29 is 13.9 Å². The summed E-state index contributed by atoms with van der Waals surface area (Å²) >= 11 is 0. The fourth-order valence-electron chi connectivity index (χ4n) is 1.69. The van der Waals surface area contributed by atoms with Gasteiger partial charge in [-0.15, -0.1) is 0 Å². The van der Waals surface area contributed by atoms with E-state index in [2.05, 4.69) is 0 Å². The Hall–Kier alpha value is -0.970. The number of hydrogen-bond acceptors (Lipinski definition) is 3. The highest BCUT2D eigenvalue weighted by Gasteiger charge is 2.18. The Balaban J connectivity index is 2.69. The van der Waals surface area contributed by atoms with Crippen molar-refractivity contribution in [3.05, 3.63) is 35.6 Å². The number of ether oxygens (including phenoxy) is 2. The summed E-state index contributed by atoms with van der Waals surface area (Å²) < 4.78 is 23.9. The summed E-state index contributed by atoms with van der Waals surface area (Å²) in [5.74, 6) is -0.182. The summed E-state index contributed by atoms with van der Waals surface area (Å²) in [6, 6.07) is 6.78. The average molecular weight is 241 g/mol. The lowest BCUT2D eigenvalue weighted by Gasteiger charge is -2.28. The van der Waals surface area contributed by atoms with Gasteiger partial charge in [0.1, 0.15) is 5.82 Å². The minimum atomic E-state index is -0.297. The van der Waals surface area contributed by atoms with E-state index in [1.165, 1.54) is 6.07 Å². The van der Waals surface area contributed by atoms with E-state index in [0.29, 0.717) is 12.1 Å². The van der Waals surface area contributed by atoms with Gasteiger partial charge in [-0.3, -0.25) is 4.90 Å². The molecular formula is C13H20FNO2. The molecular weight excluding hydrogens is 221 g/mol. The first-order valence-electron chi connectivity index (χ1n) is 5.60. The molecule has 0 bridgehead atoms. The van der Waals surface area contributed by atoms with Crippen molar-refractivity contribution in [1.29, 1.82) is 0 Å². The topological polar surface area (TPSA) is 21.7 Å². The maximum atomic E-state index is 13.6. The van der Waals surface area contributed by atoms with Gasteiger partial charge in [-0.2, -0.15) is 0 Å². The SMILES string of the molecule is COC(CN(C)C(C)c1ccccc1F)OC. The van der Waals surface area contributed by atoms with Gasteiger partial charge < -0.3 is 9.47 Å². The minimum Gasteiger partial charge on any atom is -0.355 e. The van der Waals surface area contributed by atoms with Crippen LogP contribution in [0.15, 0.2) is 24.3 Å². The van der Waals surface area contributed by atoms with Crippen molar-refractivity contribution >= 4 is 0 Å². The molecule has 1 aromatic rings. The standard InChI is InChI=1S/C13H20FNO2/c1-10(11-7-5-6-8-12(11)14)15(2)9-13(16-3)17-4/h5-8,10,13H,9H2,1-4H3. The molecule has 0 N–H and O–H groups in total. The largest absolute Gasteiger partial charge is 0.355 e. The first-order chi connectivity index (χ1) is 8.10. The molecule has 1 unspecified atom stereocenters. The lowest BCUT2D eigenvalue weighted by Crippen LogP contribution is -2.33. The van der Waals surface area contributed by atoms with Crippen LogP contribution in [0.2, 0.25) is 0 Å². The molecule has 1 rings (SSSR count). The second-order valence-electron chi connectivity index (χ2n) is 4.04. The third-order valence-corrected chi connectivity index (χ3v) is 2.98. The molecule has 0 heterocycles. The van der Waals surface area contributed by atoms with E-state index < -0.39 is 0 Å². The number of nitrogens with zero attached hydrogens (tertiary/aromatic N) is 1. The van der Waals surface area contributed by atoms with Crippen LogP contribution < -0.4 is 0 Å². The van der Waals surface area contributed by atoms with Crippen LogP contribution in [-0.4, -0.2) is 39.0 Å². The summed E-state index contributed by atoms with van der Waals surface area (Å²) in [6.45, 7) is 2.54. The summed E-state index contributed by atoms with van der Waals surface area (Å²) in [5.41, 5.74) is 0.681. The molecule has 0 aliphatic rings. The van der Waals surface area contributed by atoms with Gasteiger partial charge in [0.25, 0.3) is 0 Å². The highest BCUT2D eigenvalue weighted by molar-refractivity contribution is 5.20. The fraction of sp³-hybridized carbons (Fsp3) is 0.538. The number of benzene rings is 1. The van der Waals surface area contributed by atoms with Gasteiger partial charge in [0.05, 0.1) is 0 Å². The van der Waals surface area contributed by atoms with Crippen LogP contribution in [0.1, 0.15) is 18.5 Å². The number of likely N-dealkylation sites (N-methyl/N-ethyl adjacent to an activating group) is 1. The van der Waals surface area contributed by atoms with Crippen LogP contribution in [0, 0.1) is 5.82 Å². The van der Waals surface area contributed by atoms with Gasteiger partial charge in [0.15, 0.2) is 6.29 Å². The Morgan fingerprint density at radius 2 is 1.82 bits per heavy atom. The highest BCUT2D eigenvalue weighted by Crippen LogP contribution is 2.21. The fourth-order valence-corrected chi connectivity index (χ4v) is 1.69. The lowest BCUT2D eigenvalue weighted by atomic mass is 10.1. The third kappa shape index (κ3) is 3.77. The first kappa shape index (κ1) is 14.1. The van der Waals surface area contributed by atoms with Gasteiger partial charge in [0.2, 0.25) is 0 Å². The van der Waals surface area contributed by atoms with Crippen molar-refractivity contribution in [2.24, 2.45) is 0 Å². The monoisotopic (exact) mass is 241 g/mol. The Kier molecular flexibility index (Phi) is 5.55. The molecule has 0 saturated heterocycles. The van der Waals surface area contributed by atoms with E-state index in [0.717, 1.165) is 0 Å². The lowest BCUT2D eigenvalue weighted by molar-refractivity contribution is -0.117. The summed E-state index contributed by atoms with van der Waals surface area (Å²) in [5, 5.41) is 0. The summed E-state index contributed by atoms with van der Waals surface area (Å²) in [7, 11) is 5.10. The molecule has 1 atom stereocenters. The molecule has 0 aromatic heterocycles. The number of halogens is 1. The molecule has 0 aliphatic heterocycles. The molecule has 1 aromatic carbocycles. The normalized spacial score (nSPS) is 13.4. The Labute approximate surface area is 102 Å². The van der Waals surface area contributed by atoms with Gasteiger partial charge >= 0.3 is 0 Å². The van der Waals surface area contributed by atoms with E-state index in [-0.39, 0.29) is 18.1 Å². The molecule has 0 amide bonds. The molecule has 17 heavy (non-hydrogen) atoms. The zero-order valence-electron chi connectivity index (χ0n) is 10.8. The molecule has 0 spiro atoms. The van der Waals surface area contributed by atoms with E-state index in [9.17, 15) is 4.39 Å². The zero-order valence-corrected chi connectivity index (χ0v) is 10.8. The Bertz CT molecular complexity index is 342. The molecule has 0 saturated carbocycles. The predicted octanol–water partition coefficient (Wildman–Crippen LogP) is 2.44. The van der Waals surface area contributed by atoms with Crippen LogP contribution in [0.5, 0.6) is 0 Å². The van der Waals surface area contributed by atoms with Crippen molar-refractivity contribution in [3.63, 3.8) is 0 Å². The Morgan fingerprint density at radius 1 is 1.24 bits per heavy atom. The highest BCUT2D eigenvalue weighted by atomic mass is 19.1. The van der Waals surface area contributed by atoms with Crippen LogP contribution in [0.4, 0.5) is 4.39 Å². The second-order valence-corrected chi connectivity index (χ2v) is 4.04. The van der Waals surface area contributed by atoms with Crippen molar-refractivity contribution in [2.45, 2.75) is 19.3 Å². The molecule has 4 heteroatoms. The van der Waals surface area contributed by atoms with Gasteiger partial charge in [-0.25, -0.2) is 4.39 Å². The van der Waals surface area contributed by atoms with Crippen LogP contribution in [0.3, 0.4) is 0 Å². The Morgan fingerprint density at radius 3 is 2.35 bits per heavy atom. The van der Waals surface area contributed by atoms with Crippen molar-refractivity contribution in [3.8, 4) is 0 Å². The van der Waals surface area contributed by atoms with Crippen molar-refractivity contribution in [1.82, 2.24) is 4.90 Å². The van der Waals surface area contributed by atoms with Gasteiger partial charge in [0, 0.05) is 32.4 Å². The molecule has 0 aliphatic carbocycles. The van der Waals surface area contributed by atoms with E-state index in [1.807, 2.05) is 24.9 Å². The van der Waals surface area contributed by atoms with Crippen molar-refractivity contribution in [2.75, 3.05) is 27.8 Å². The molecule has 0 fully saturated rings. The summed E-state index contributed by atoms with van der Waals surface area (Å²) in [4.78, 5) is 2.00. The second kappa shape index (κ2) is 6.69. The zero-order chi connectivity index (χ0) is 12.8. The van der Waals surface area contributed by atoms with Gasteiger partial charge in [-0.1, -0.05) is 18.2 Å². The quantitative estimate of drug-likeness (QED) is 0.714. The van der Waals surface area contributed by atoms with Gasteiger partial charge in [-0.05, 0) is 20.0 Å². The number of hydrogen-bond donors (Lipinski definition) is 0. The van der Waals surface area contributed by atoms with E-state index in [4.69, 9.17) is 9.47 Å². The first-order valence-corrected chi connectivity index (χ1v) is 5.60. The third-order valence-electron chi connectivity index (χ3n) is 2.98. The van der Waals surface area contributed by atoms with Crippen LogP contribution in [-0.2, 0) is 9.47 Å². The number of rotatable bonds is 6. The average Bonchev–Trinajstić information content (AvgIpc) is 2.35. The smallest absolute Gasteiger partial charge is 0.169 e. The number of methoxy groups -OCH3 is 2. The van der Waals surface area contributed by atoms with E-state index in [1.54, 1.807) is 26.4 Å². The predicted molar refractivity (Wildman–Crippen MR) is 65.3 cm³/mol. The minimum absolute atomic E-state index is 0.0241. The molecule has 0 radical (unpaired) electrons.